The van der Waals surface area contributed by atoms with Crippen LogP contribution in [0.2, 0.25) is 0 Å². The molecule has 0 atom stereocenters. The van der Waals surface area contributed by atoms with Crippen LogP contribution in [0.5, 0.6) is 0 Å². The lowest BCUT2D eigenvalue weighted by atomic mass is 9.94. The zero-order valence-corrected chi connectivity index (χ0v) is 21.6. The highest BCUT2D eigenvalue weighted by molar-refractivity contribution is 6.08. The van der Waals surface area contributed by atoms with Crippen molar-refractivity contribution < 1.29 is 4.42 Å². The molecule has 0 radical (unpaired) electrons. The number of aryl methyl sites for hydroxylation is 4. The molecule has 5 aromatic rings. The molecule has 5 rings (SSSR count). The SMILES string of the molecule is CCCCc1ccc(-c2cc3c(cc2C)oc2cc(C)c(-c4ccc(CCCC)cc4)cc23)cc1. The Balaban J connectivity index is 1.56. The van der Waals surface area contributed by atoms with E-state index in [9.17, 15) is 0 Å². The van der Waals surface area contributed by atoms with Crippen LogP contribution in [0, 0.1) is 13.8 Å². The molecule has 0 aliphatic heterocycles. The summed E-state index contributed by atoms with van der Waals surface area (Å²) < 4.78 is 6.32. The predicted octanol–water partition coefficient (Wildman–Crippen LogP) is 10.2. The summed E-state index contributed by atoms with van der Waals surface area (Å²) in [5, 5.41) is 2.38. The highest BCUT2D eigenvalue weighted by Crippen LogP contribution is 2.38. The van der Waals surface area contributed by atoms with E-state index in [0.717, 1.165) is 24.0 Å². The number of furan rings is 1. The van der Waals surface area contributed by atoms with E-state index in [1.54, 1.807) is 0 Å². The summed E-state index contributed by atoms with van der Waals surface area (Å²) in [6.45, 7) is 8.86. The number of unbranched alkanes of at least 4 members (excludes halogenated alkanes) is 2. The molecule has 4 aromatic carbocycles. The minimum Gasteiger partial charge on any atom is -0.456 e. The van der Waals surface area contributed by atoms with Crippen LogP contribution in [0.25, 0.3) is 44.2 Å². The Bertz CT molecular complexity index is 1340. The largest absolute Gasteiger partial charge is 0.456 e. The van der Waals surface area contributed by atoms with E-state index in [1.165, 1.54) is 81.0 Å². The van der Waals surface area contributed by atoms with Crippen LogP contribution in [-0.2, 0) is 12.8 Å². The second kappa shape index (κ2) is 10.1. The topological polar surface area (TPSA) is 13.1 Å². The van der Waals surface area contributed by atoms with Gasteiger partial charge in [0.2, 0.25) is 0 Å². The van der Waals surface area contributed by atoms with Crippen LogP contribution in [0.4, 0.5) is 0 Å². The molecule has 1 aromatic heterocycles. The number of fused-ring (bicyclic) bond motifs is 3. The zero-order chi connectivity index (χ0) is 24.4. The molecule has 0 saturated carbocycles. The first-order valence-corrected chi connectivity index (χ1v) is 13.2. The third-order valence-corrected chi connectivity index (χ3v) is 7.33. The van der Waals surface area contributed by atoms with E-state index in [2.05, 4.69) is 100 Å². The highest BCUT2D eigenvalue weighted by atomic mass is 16.3. The number of benzene rings is 4. The fraction of sp³-hybridized carbons (Fsp3) is 0.294. The van der Waals surface area contributed by atoms with Crippen molar-refractivity contribution in [2.75, 3.05) is 0 Å². The third kappa shape index (κ3) is 4.78. The molecule has 0 fully saturated rings. The Morgan fingerprint density at radius 1 is 0.543 bits per heavy atom. The summed E-state index contributed by atoms with van der Waals surface area (Å²) in [6, 6.07) is 27.3. The van der Waals surface area contributed by atoms with Gasteiger partial charge >= 0.3 is 0 Å². The van der Waals surface area contributed by atoms with Crippen LogP contribution in [0.3, 0.4) is 0 Å². The molecule has 0 spiro atoms. The van der Waals surface area contributed by atoms with Crippen LogP contribution in [0.1, 0.15) is 61.8 Å². The molecular weight excluding hydrogens is 424 g/mol. The fourth-order valence-electron chi connectivity index (χ4n) is 5.16. The van der Waals surface area contributed by atoms with Gasteiger partial charge < -0.3 is 4.42 Å². The average Bonchev–Trinajstić information content (AvgIpc) is 3.21. The van der Waals surface area contributed by atoms with Crippen molar-refractivity contribution in [3.05, 3.63) is 95.1 Å². The maximum Gasteiger partial charge on any atom is 0.135 e. The monoisotopic (exact) mass is 460 g/mol. The standard InChI is InChI=1S/C34H36O/c1-5-7-9-25-11-15-27(16-12-25)29-21-31-32-22-30(28-17-13-26(14-18-28)10-8-6-2)24(4)20-34(32)35-33(31)19-23(29)3/h11-22H,5-10H2,1-4H3. The summed E-state index contributed by atoms with van der Waals surface area (Å²) in [6.07, 6.45) is 7.26. The molecule has 1 heterocycles. The van der Waals surface area contributed by atoms with E-state index >= 15 is 0 Å². The van der Waals surface area contributed by atoms with Crippen LogP contribution in [0.15, 0.2) is 77.2 Å². The molecule has 0 aliphatic carbocycles. The van der Waals surface area contributed by atoms with E-state index in [-0.39, 0.29) is 0 Å². The van der Waals surface area contributed by atoms with Gasteiger partial charge in [-0.2, -0.15) is 0 Å². The third-order valence-electron chi connectivity index (χ3n) is 7.33. The summed E-state index contributed by atoms with van der Waals surface area (Å²) >= 11 is 0. The van der Waals surface area contributed by atoms with E-state index < -0.39 is 0 Å². The first-order chi connectivity index (χ1) is 17.1. The molecule has 1 nitrogen and oxygen atoms in total. The molecule has 0 saturated heterocycles. The number of hydrogen-bond donors (Lipinski definition) is 0. The molecule has 0 aliphatic rings. The van der Waals surface area contributed by atoms with Crippen molar-refractivity contribution in [2.45, 2.75) is 66.2 Å². The van der Waals surface area contributed by atoms with Gasteiger partial charge in [0, 0.05) is 10.8 Å². The highest BCUT2D eigenvalue weighted by Gasteiger charge is 2.14. The Kier molecular flexibility index (Phi) is 6.77. The molecule has 0 amide bonds. The Labute approximate surface area is 209 Å². The summed E-state index contributed by atoms with van der Waals surface area (Å²) in [5.41, 5.74) is 12.4. The average molecular weight is 461 g/mol. The van der Waals surface area contributed by atoms with Crippen molar-refractivity contribution in [1.29, 1.82) is 0 Å². The first-order valence-electron chi connectivity index (χ1n) is 13.2. The van der Waals surface area contributed by atoms with Crippen LogP contribution < -0.4 is 0 Å². The van der Waals surface area contributed by atoms with Crippen molar-refractivity contribution in [2.24, 2.45) is 0 Å². The maximum atomic E-state index is 6.32. The van der Waals surface area contributed by atoms with E-state index in [1.807, 2.05) is 0 Å². The molecule has 0 N–H and O–H groups in total. The van der Waals surface area contributed by atoms with Gasteiger partial charge in [-0.3, -0.25) is 0 Å². The molecule has 0 unspecified atom stereocenters. The van der Waals surface area contributed by atoms with Gasteiger partial charge in [0.1, 0.15) is 11.2 Å². The Hall–Kier alpha value is -3.32. The summed E-state index contributed by atoms with van der Waals surface area (Å²) in [7, 11) is 0. The van der Waals surface area contributed by atoms with E-state index in [4.69, 9.17) is 4.42 Å². The Morgan fingerprint density at radius 3 is 1.31 bits per heavy atom. The van der Waals surface area contributed by atoms with Crippen molar-refractivity contribution in [3.8, 4) is 22.3 Å². The van der Waals surface area contributed by atoms with Crippen LogP contribution in [-0.4, -0.2) is 0 Å². The quantitative estimate of drug-likeness (QED) is 0.224. The first kappa shape index (κ1) is 23.4. The normalized spacial score (nSPS) is 11.5. The van der Waals surface area contributed by atoms with Crippen molar-refractivity contribution in [1.82, 2.24) is 0 Å². The predicted molar refractivity (Wildman–Crippen MR) is 151 cm³/mol. The molecular formula is C34H36O. The lowest BCUT2D eigenvalue weighted by Crippen LogP contribution is -1.88. The molecule has 0 bridgehead atoms. The lowest BCUT2D eigenvalue weighted by molar-refractivity contribution is 0.668. The second-order valence-corrected chi connectivity index (χ2v) is 10.0. The van der Waals surface area contributed by atoms with Gasteiger partial charge in [0.25, 0.3) is 0 Å². The second-order valence-electron chi connectivity index (χ2n) is 10.0. The minimum absolute atomic E-state index is 0.965. The number of rotatable bonds is 8. The van der Waals surface area contributed by atoms with Gasteiger partial charge in [0.05, 0.1) is 0 Å². The van der Waals surface area contributed by atoms with Gasteiger partial charge in [0.15, 0.2) is 0 Å². The number of hydrogen-bond acceptors (Lipinski definition) is 1. The molecule has 1 heteroatoms. The van der Waals surface area contributed by atoms with Crippen molar-refractivity contribution >= 4 is 21.9 Å². The fourth-order valence-corrected chi connectivity index (χ4v) is 5.16. The lowest BCUT2D eigenvalue weighted by Gasteiger charge is -2.09. The van der Waals surface area contributed by atoms with Crippen LogP contribution >= 0.6 is 0 Å². The van der Waals surface area contributed by atoms with Crippen molar-refractivity contribution in [3.63, 3.8) is 0 Å². The zero-order valence-electron chi connectivity index (χ0n) is 21.6. The summed E-state index contributed by atoms with van der Waals surface area (Å²) in [5.74, 6) is 0. The smallest absolute Gasteiger partial charge is 0.135 e. The van der Waals surface area contributed by atoms with Gasteiger partial charge in [-0.05, 0) is 108 Å². The Morgan fingerprint density at radius 2 is 0.943 bits per heavy atom. The van der Waals surface area contributed by atoms with Gasteiger partial charge in [-0.15, -0.1) is 0 Å². The summed E-state index contributed by atoms with van der Waals surface area (Å²) in [4.78, 5) is 0. The molecule has 35 heavy (non-hydrogen) atoms. The maximum absolute atomic E-state index is 6.32. The molecule has 178 valence electrons. The minimum atomic E-state index is 0.965. The van der Waals surface area contributed by atoms with Gasteiger partial charge in [-0.25, -0.2) is 0 Å². The van der Waals surface area contributed by atoms with E-state index in [0.29, 0.717) is 0 Å². The van der Waals surface area contributed by atoms with Gasteiger partial charge in [-0.1, -0.05) is 75.2 Å².